The molecule has 4 aromatic heterocycles. The van der Waals surface area contributed by atoms with Crippen LogP contribution in [0.4, 0.5) is 5.69 Å². The summed E-state index contributed by atoms with van der Waals surface area (Å²) in [5, 5.41) is 8.94. The number of anilines is 1. The third-order valence-corrected chi connectivity index (χ3v) is 4.56. The smallest absolute Gasteiger partial charge is 0.173 e. The SMILES string of the molecule is N=c1ncn(Cc2c(Cl)cncc2Cl)c2nc(-c3cnccc3N)[nH]c12. The van der Waals surface area contributed by atoms with Gasteiger partial charge in [-0.15, -0.1) is 0 Å². The molecule has 0 atom stereocenters. The fourth-order valence-electron chi connectivity index (χ4n) is 2.59. The van der Waals surface area contributed by atoms with Gasteiger partial charge in [0, 0.05) is 36.0 Å². The molecule has 0 aliphatic heterocycles. The Balaban J connectivity index is 1.88. The number of nitrogens with zero attached hydrogens (tertiary/aromatic N) is 5. The van der Waals surface area contributed by atoms with Gasteiger partial charge in [0.1, 0.15) is 11.3 Å². The lowest BCUT2D eigenvalue weighted by atomic mass is 10.2. The van der Waals surface area contributed by atoms with E-state index in [0.717, 1.165) is 0 Å². The maximum Gasteiger partial charge on any atom is 0.173 e. The predicted molar refractivity (Wildman–Crippen MR) is 98.7 cm³/mol. The van der Waals surface area contributed by atoms with E-state index in [1.165, 1.54) is 18.7 Å². The molecule has 4 heterocycles. The zero-order chi connectivity index (χ0) is 18.3. The van der Waals surface area contributed by atoms with Crippen molar-refractivity contribution in [3.8, 4) is 11.4 Å². The molecule has 0 aliphatic carbocycles. The number of hydrogen-bond donors (Lipinski definition) is 3. The van der Waals surface area contributed by atoms with Crippen LogP contribution in [0.15, 0.2) is 37.2 Å². The average molecular weight is 387 g/mol. The molecular formula is C16H12Cl2N8. The first-order valence-corrected chi connectivity index (χ1v) is 8.27. The highest BCUT2D eigenvalue weighted by molar-refractivity contribution is 6.35. The van der Waals surface area contributed by atoms with Crippen molar-refractivity contribution < 1.29 is 0 Å². The molecule has 0 aromatic carbocycles. The largest absolute Gasteiger partial charge is 0.398 e. The highest BCUT2D eigenvalue weighted by atomic mass is 35.5. The van der Waals surface area contributed by atoms with E-state index in [0.29, 0.717) is 50.4 Å². The van der Waals surface area contributed by atoms with Crippen LogP contribution in [0.2, 0.25) is 10.0 Å². The second-order valence-corrected chi connectivity index (χ2v) is 6.36. The summed E-state index contributed by atoms with van der Waals surface area (Å²) in [7, 11) is 0. The van der Waals surface area contributed by atoms with Crippen LogP contribution in [-0.2, 0) is 6.54 Å². The zero-order valence-corrected chi connectivity index (χ0v) is 14.8. The first-order chi connectivity index (χ1) is 12.5. The molecular weight excluding hydrogens is 375 g/mol. The molecule has 0 unspecified atom stereocenters. The van der Waals surface area contributed by atoms with E-state index >= 15 is 0 Å². The van der Waals surface area contributed by atoms with Crippen molar-refractivity contribution in [1.82, 2.24) is 29.5 Å². The number of H-pyrrole nitrogens is 1. The summed E-state index contributed by atoms with van der Waals surface area (Å²) < 4.78 is 1.76. The summed E-state index contributed by atoms with van der Waals surface area (Å²) in [6.45, 7) is 0.330. The standard InChI is InChI=1S/C16H12Cl2N8/c17-10-4-22-5-11(18)9(10)6-26-7-23-14(20)13-16(26)25-15(24-13)8-3-21-2-1-12(8)19/h1-5,7,20H,6H2,(H2,19,21)(H,24,25). The Morgan fingerprint density at radius 2 is 1.92 bits per heavy atom. The summed E-state index contributed by atoms with van der Waals surface area (Å²) in [4.78, 5) is 19.8. The lowest BCUT2D eigenvalue weighted by Crippen LogP contribution is -2.13. The van der Waals surface area contributed by atoms with Crippen LogP contribution in [0.1, 0.15) is 5.56 Å². The molecule has 0 aliphatic rings. The third-order valence-electron chi connectivity index (χ3n) is 3.91. The quantitative estimate of drug-likeness (QED) is 0.499. The molecule has 4 aromatic rings. The van der Waals surface area contributed by atoms with Crippen molar-refractivity contribution in [2.24, 2.45) is 0 Å². The summed E-state index contributed by atoms with van der Waals surface area (Å²) >= 11 is 12.4. The number of pyridine rings is 2. The molecule has 26 heavy (non-hydrogen) atoms. The van der Waals surface area contributed by atoms with Crippen molar-refractivity contribution >= 4 is 40.1 Å². The Kier molecular flexibility index (Phi) is 4.06. The third kappa shape index (κ3) is 2.79. The van der Waals surface area contributed by atoms with E-state index in [2.05, 4.69) is 24.9 Å². The van der Waals surface area contributed by atoms with Gasteiger partial charge in [-0.05, 0) is 6.07 Å². The molecule has 130 valence electrons. The maximum atomic E-state index is 8.05. The van der Waals surface area contributed by atoms with Gasteiger partial charge in [-0.1, -0.05) is 23.2 Å². The Labute approximate surface area is 157 Å². The number of aromatic amines is 1. The van der Waals surface area contributed by atoms with E-state index in [9.17, 15) is 0 Å². The normalized spacial score (nSPS) is 11.2. The van der Waals surface area contributed by atoms with E-state index in [1.54, 1.807) is 23.0 Å². The monoisotopic (exact) mass is 386 g/mol. The van der Waals surface area contributed by atoms with Gasteiger partial charge in [0.2, 0.25) is 0 Å². The molecule has 0 spiro atoms. The Bertz CT molecular complexity index is 1160. The minimum atomic E-state index is 0.0735. The van der Waals surface area contributed by atoms with Crippen LogP contribution in [0, 0.1) is 5.41 Å². The summed E-state index contributed by atoms with van der Waals surface area (Å²) in [6.07, 6.45) is 7.80. The molecule has 0 saturated heterocycles. The van der Waals surface area contributed by atoms with E-state index in [1.807, 2.05) is 0 Å². The van der Waals surface area contributed by atoms with Crippen LogP contribution < -0.4 is 11.2 Å². The first-order valence-electron chi connectivity index (χ1n) is 7.52. The molecule has 10 heteroatoms. The lowest BCUT2D eigenvalue weighted by molar-refractivity contribution is 0.783. The van der Waals surface area contributed by atoms with E-state index in [-0.39, 0.29) is 5.49 Å². The van der Waals surface area contributed by atoms with Crippen molar-refractivity contribution in [2.45, 2.75) is 6.54 Å². The Morgan fingerprint density at radius 3 is 2.65 bits per heavy atom. The second kappa shape index (κ2) is 6.40. The lowest BCUT2D eigenvalue weighted by Gasteiger charge is -2.09. The molecule has 0 saturated carbocycles. The summed E-state index contributed by atoms with van der Waals surface area (Å²) in [5.74, 6) is 0.507. The number of hydrogen-bond acceptors (Lipinski definition) is 6. The van der Waals surface area contributed by atoms with Crippen molar-refractivity contribution in [3.05, 3.63) is 58.3 Å². The number of nitrogens with two attached hydrogens (primary N) is 1. The number of imidazole rings is 1. The van der Waals surface area contributed by atoms with E-state index < -0.39 is 0 Å². The molecule has 0 radical (unpaired) electrons. The van der Waals surface area contributed by atoms with Crippen LogP contribution in [-0.4, -0.2) is 29.5 Å². The molecule has 4 rings (SSSR count). The van der Waals surface area contributed by atoms with Gasteiger partial charge in [-0.25, -0.2) is 9.97 Å². The highest BCUT2D eigenvalue weighted by Crippen LogP contribution is 2.26. The van der Waals surface area contributed by atoms with Gasteiger partial charge in [0.05, 0.1) is 28.5 Å². The van der Waals surface area contributed by atoms with Crippen molar-refractivity contribution in [3.63, 3.8) is 0 Å². The Hall–Kier alpha value is -2.97. The highest BCUT2D eigenvalue weighted by Gasteiger charge is 2.14. The average Bonchev–Trinajstić information content (AvgIpc) is 3.07. The number of rotatable bonds is 3. The van der Waals surface area contributed by atoms with Crippen LogP contribution >= 0.6 is 23.2 Å². The van der Waals surface area contributed by atoms with Crippen LogP contribution in [0.3, 0.4) is 0 Å². The minimum Gasteiger partial charge on any atom is -0.398 e. The van der Waals surface area contributed by atoms with Crippen LogP contribution in [0.5, 0.6) is 0 Å². The zero-order valence-electron chi connectivity index (χ0n) is 13.2. The van der Waals surface area contributed by atoms with Gasteiger partial charge in [0.15, 0.2) is 11.1 Å². The molecule has 8 nitrogen and oxygen atoms in total. The van der Waals surface area contributed by atoms with Gasteiger partial charge in [-0.2, -0.15) is 0 Å². The molecule has 4 N–H and O–H groups in total. The molecule has 0 bridgehead atoms. The number of nitrogen functional groups attached to an aromatic ring is 1. The Morgan fingerprint density at radius 1 is 1.15 bits per heavy atom. The van der Waals surface area contributed by atoms with Crippen molar-refractivity contribution in [2.75, 3.05) is 5.73 Å². The molecule has 0 fully saturated rings. The number of aromatic nitrogens is 6. The summed E-state index contributed by atoms with van der Waals surface area (Å²) in [5.41, 5.74) is 8.96. The summed E-state index contributed by atoms with van der Waals surface area (Å²) in [6, 6.07) is 1.69. The first kappa shape index (κ1) is 16.5. The van der Waals surface area contributed by atoms with Crippen LogP contribution in [0.25, 0.3) is 22.6 Å². The second-order valence-electron chi connectivity index (χ2n) is 5.55. The minimum absolute atomic E-state index is 0.0735. The number of fused-ring (bicyclic) bond motifs is 1. The van der Waals surface area contributed by atoms with Crippen molar-refractivity contribution in [1.29, 1.82) is 5.41 Å². The fourth-order valence-corrected chi connectivity index (χ4v) is 3.07. The van der Waals surface area contributed by atoms with Gasteiger partial charge < -0.3 is 15.3 Å². The fraction of sp³-hybridized carbons (Fsp3) is 0.0625. The number of halogens is 2. The topological polar surface area (TPSA) is 122 Å². The van der Waals surface area contributed by atoms with E-state index in [4.69, 9.17) is 34.3 Å². The van der Waals surface area contributed by atoms with Gasteiger partial charge >= 0.3 is 0 Å². The molecule has 0 amide bonds. The maximum absolute atomic E-state index is 8.05. The predicted octanol–water partition coefficient (Wildman–Crippen LogP) is 2.63. The van der Waals surface area contributed by atoms with Gasteiger partial charge in [-0.3, -0.25) is 15.4 Å². The number of nitrogens with one attached hydrogen (secondary N) is 2. The van der Waals surface area contributed by atoms with Gasteiger partial charge in [0.25, 0.3) is 0 Å².